The molecule has 0 bridgehead atoms. The van der Waals surface area contributed by atoms with Gasteiger partial charge < -0.3 is 0 Å². The first-order chi connectivity index (χ1) is 15.0. The highest BCUT2D eigenvalue weighted by Gasteiger charge is 2.15. The largest absolute Gasteiger partial charge is 0.120 e. The Morgan fingerprint density at radius 3 is 2.29 bits per heavy atom. The fourth-order valence-corrected chi connectivity index (χ4v) is 3.69. The lowest BCUT2D eigenvalue weighted by molar-refractivity contribution is 0.298. The van der Waals surface area contributed by atoms with E-state index in [0.29, 0.717) is 0 Å². The van der Waals surface area contributed by atoms with E-state index in [-0.39, 0.29) is 0 Å². The Bertz CT molecular complexity index is 814. The van der Waals surface area contributed by atoms with E-state index < -0.39 is 0 Å². The fraction of sp³-hybridized carbons (Fsp3) is 0.419. The number of aryl methyl sites for hydroxylation is 1. The van der Waals surface area contributed by atoms with E-state index in [0.717, 1.165) is 5.92 Å². The SMILES string of the molecule is C#CC.C=C/C=C(C)\C(=C/C)c1ccc(C(/C=C\CCC2CCC2)=C/C)cc1C.CC. The van der Waals surface area contributed by atoms with Crippen molar-refractivity contribution in [3.8, 4) is 12.3 Å². The first-order valence-corrected chi connectivity index (χ1v) is 11.8. The molecule has 168 valence electrons. The molecule has 0 radical (unpaired) electrons. The summed E-state index contributed by atoms with van der Waals surface area (Å²) in [5.41, 5.74) is 7.77. The molecule has 0 heterocycles. The molecule has 0 N–H and O–H groups in total. The third-order valence-electron chi connectivity index (χ3n) is 5.51. The molecule has 0 unspecified atom stereocenters. The number of terminal acetylenes is 1. The van der Waals surface area contributed by atoms with Crippen molar-refractivity contribution in [2.75, 3.05) is 0 Å². The summed E-state index contributed by atoms with van der Waals surface area (Å²) in [4.78, 5) is 0. The molecule has 0 nitrogen and oxygen atoms in total. The van der Waals surface area contributed by atoms with Gasteiger partial charge in [-0.1, -0.05) is 94.3 Å². The number of hydrogen-bond acceptors (Lipinski definition) is 0. The smallest absolute Gasteiger partial charge is 0.00297 e. The van der Waals surface area contributed by atoms with Crippen LogP contribution in [0.2, 0.25) is 0 Å². The molecule has 1 saturated carbocycles. The van der Waals surface area contributed by atoms with E-state index in [1.54, 1.807) is 6.92 Å². The van der Waals surface area contributed by atoms with Crippen LogP contribution < -0.4 is 0 Å². The molecule has 0 atom stereocenters. The van der Waals surface area contributed by atoms with Crippen molar-refractivity contribution in [3.63, 3.8) is 0 Å². The first kappa shape index (κ1) is 28.5. The summed E-state index contributed by atoms with van der Waals surface area (Å²) in [5.74, 6) is 3.24. The minimum atomic E-state index is 0.987. The Morgan fingerprint density at radius 1 is 1.19 bits per heavy atom. The lowest BCUT2D eigenvalue weighted by Crippen LogP contribution is -2.09. The van der Waals surface area contributed by atoms with Gasteiger partial charge in [0, 0.05) is 0 Å². The molecule has 1 aromatic carbocycles. The lowest BCUT2D eigenvalue weighted by Gasteiger charge is -2.24. The van der Waals surface area contributed by atoms with E-state index >= 15 is 0 Å². The minimum absolute atomic E-state index is 0.987. The maximum Gasteiger partial charge on any atom is -0.00297 e. The molecular formula is C31H44. The van der Waals surface area contributed by atoms with Crippen LogP contribution in [0.25, 0.3) is 11.1 Å². The molecule has 0 aliphatic heterocycles. The van der Waals surface area contributed by atoms with Gasteiger partial charge >= 0.3 is 0 Å². The van der Waals surface area contributed by atoms with Gasteiger partial charge in [0.2, 0.25) is 0 Å². The van der Waals surface area contributed by atoms with Crippen LogP contribution >= 0.6 is 0 Å². The number of hydrogen-bond donors (Lipinski definition) is 0. The van der Waals surface area contributed by atoms with E-state index in [1.165, 1.54) is 65.5 Å². The van der Waals surface area contributed by atoms with Gasteiger partial charge in [-0.25, -0.2) is 0 Å². The second kappa shape index (κ2) is 17.2. The van der Waals surface area contributed by atoms with Gasteiger partial charge in [0.25, 0.3) is 0 Å². The average molecular weight is 417 g/mol. The molecule has 0 saturated heterocycles. The van der Waals surface area contributed by atoms with Gasteiger partial charge in [-0.3, -0.25) is 0 Å². The predicted molar refractivity (Wildman–Crippen MR) is 144 cm³/mol. The van der Waals surface area contributed by atoms with Gasteiger partial charge in [-0.15, -0.1) is 12.3 Å². The van der Waals surface area contributed by atoms with Crippen LogP contribution in [-0.2, 0) is 0 Å². The summed E-state index contributed by atoms with van der Waals surface area (Å²) >= 11 is 0. The highest BCUT2D eigenvalue weighted by Crippen LogP contribution is 2.31. The van der Waals surface area contributed by atoms with Crippen molar-refractivity contribution in [1.82, 2.24) is 0 Å². The maximum atomic E-state index is 4.60. The minimum Gasteiger partial charge on any atom is -0.120 e. The summed E-state index contributed by atoms with van der Waals surface area (Å²) in [6, 6.07) is 6.82. The van der Waals surface area contributed by atoms with Gasteiger partial charge in [-0.05, 0) is 86.8 Å². The highest BCUT2D eigenvalue weighted by atomic mass is 14.2. The second-order valence-corrected chi connectivity index (χ2v) is 7.63. The van der Waals surface area contributed by atoms with Crippen molar-refractivity contribution in [3.05, 3.63) is 83.5 Å². The van der Waals surface area contributed by atoms with E-state index in [2.05, 4.69) is 95.2 Å². The van der Waals surface area contributed by atoms with Crippen molar-refractivity contribution in [1.29, 1.82) is 0 Å². The molecular weight excluding hydrogens is 372 g/mol. The fourth-order valence-electron chi connectivity index (χ4n) is 3.69. The zero-order valence-electron chi connectivity index (χ0n) is 21.1. The zero-order valence-corrected chi connectivity index (χ0v) is 21.1. The molecule has 31 heavy (non-hydrogen) atoms. The van der Waals surface area contributed by atoms with Crippen LogP contribution in [0.15, 0.2) is 66.8 Å². The Balaban J connectivity index is 0.00000165. The Morgan fingerprint density at radius 2 is 1.84 bits per heavy atom. The topological polar surface area (TPSA) is 0 Å². The van der Waals surface area contributed by atoms with E-state index in [4.69, 9.17) is 0 Å². The van der Waals surface area contributed by atoms with E-state index in [1.807, 2.05) is 19.9 Å². The van der Waals surface area contributed by atoms with E-state index in [9.17, 15) is 0 Å². The normalized spacial score (nSPS) is 14.6. The monoisotopic (exact) mass is 416 g/mol. The molecule has 0 heteroatoms. The van der Waals surface area contributed by atoms with Crippen LogP contribution in [0.4, 0.5) is 0 Å². The number of allylic oxidation sites excluding steroid dienone is 9. The standard InChI is InChI=1S/C26H34.C3H4.C2H6/c1-6-12-20(4)25(8-3)26-18-17-24(19-21(26)5)23(7-2)16-10-9-13-22-14-11-15-22;1-3-2;1-2/h6-8,10,12,16-19,22H,1,9,11,13-15H2,2-5H3;1H,2H3;1-2H3/b16-10-,20-12-,23-7+,25-8+;;. The molecule has 1 aliphatic rings. The van der Waals surface area contributed by atoms with Crippen LogP contribution in [0.1, 0.15) is 90.3 Å². The predicted octanol–water partition coefficient (Wildman–Crippen LogP) is 9.74. The van der Waals surface area contributed by atoms with Gasteiger partial charge in [0.05, 0.1) is 0 Å². The molecule has 0 spiro atoms. The third kappa shape index (κ3) is 9.89. The molecule has 1 aliphatic carbocycles. The second-order valence-electron chi connectivity index (χ2n) is 7.63. The van der Waals surface area contributed by atoms with Gasteiger partial charge in [0.1, 0.15) is 0 Å². The van der Waals surface area contributed by atoms with Gasteiger partial charge in [-0.2, -0.15) is 0 Å². The summed E-state index contributed by atoms with van der Waals surface area (Å²) in [5, 5.41) is 0. The van der Waals surface area contributed by atoms with Crippen LogP contribution in [0.3, 0.4) is 0 Å². The van der Waals surface area contributed by atoms with Crippen molar-refractivity contribution in [2.24, 2.45) is 5.92 Å². The number of benzene rings is 1. The highest BCUT2D eigenvalue weighted by molar-refractivity contribution is 5.82. The molecule has 2 rings (SSSR count). The first-order valence-electron chi connectivity index (χ1n) is 11.8. The van der Waals surface area contributed by atoms with Crippen molar-refractivity contribution >= 4 is 11.1 Å². The molecule has 0 amide bonds. The molecule has 1 aromatic rings. The van der Waals surface area contributed by atoms with Crippen LogP contribution in [0.5, 0.6) is 0 Å². The van der Waals surface area contributed by atoms with Crippen LogP contribution in [-0.4, -0.2) is 0 Å². The number of rotatable bonds is 8. The maximum absolute atomic E-state index is 4.60. The Hall–Kier alpha value is -2.52. The molecule has 1 fully saturated rings. The van der Waals surface area contributed by atoms with Crippen molar-refractivity contribution in [2.45, 2.75) is 80.6 Å². The summed E-state index contributed by atoms with van der Waals surface area (Å²) in [7, 11) is 0. The molecule has 0 aromatic heterocycles. The quantitative estimate of drug-likeness (QED) is 0.292. The average Bonchev–Trinajstić information content (AvgIpc) is 2.73. The Kier molecular flexibility index (Phi) is 15.8. The third-order valence-corrected chi connectivity index (χ3v) is 5.51. The summed E-state index contributed by atoms with van der Waals surface area (Å²) < 4.78 is 0. The Labute approximate surface area is 193 Å². The summed E-state index contributed by atoms with van der Waals surface area (Å²) in [6.07, 6.45) is 24.5. The zero-order chi connectivity index (χ0) is 23.6. The lowest BCUT2D eigenvalue weighted by atomic mass is 9.82. The van der Waals surface area contributed by atoms with Crippen LogP contribution in [0, 0.1) is 25.2 Å². The van der Waals surface area contributed by atoms with Crippen molar-refractivity contribution < 1.29 is 0 Å². The summed E-state index contributed by atoms with van der Waals surface area (Å²) in [6.45, 7) is 18.1. The van der Waals surface area contributed by atoms with Gasteiger partial charge in [0.15, 0.2) is 0 Å².